The molecule has 0 saturated carbocycles. The highest BCUT2D eigenvalue weighted by molar-refractivity contribution is 7.14. The van der Waals surface area contributed by atoms with Crippen molar-refractivity contribution >= 4 is 28.1 Å². The number of thiazole rings is 1. The van der Waals surface area contributed by atoms with Crippen molar-refractivity contribution in [2.45, 2.75) is 12.3 Å². The van der Waals surface area contributed by atoms with Crippen LogP contribution >= 0.6 is 11.3 Å². The average Bonchev–Trinajstić information content (AvgIpc) is 3.22. The zero-order valence-electron chi connectivity index (χ0n) is 15.8. The van der Waals surface area contributed by atoms with E-state index in [1.807, 2.05) is 66.0 Å². The number of benzene rings is 3. The highest BCUT2D eigenvalue weighted by atomic mass is 32.1. The molecule has 0 unspecified atom stereocenters. The fourth-order valence-corrected chi connectivity index (χ4v) is 4.05. The maximum Gasteiger partial charge on any atom is 0.227 e. The van der Waals surface area contributed by atoms with Crippen molar-refractivity contribution in [1.29, 1.82) is 0 Å². The molecule has 4 nitrogen and oxygen atoms in total. The minimum Gasteiger partial charge on any atom is -0.399 e. The third-order valence-electron chi connectivity index (χ3n) is 4.73. The molecule has 0 saturated heterocycles. The second-order valence-corrected chi connectivity index (χ2v) is 7.65. The largest absolute Gasteiger partial charge is 0.399 e. The van der Waals surface area contributed by atoms with Crippen LogP contribution in [0.2, 0.25) is 0 Å². The summed E-state index contributed by atoms with van der Waals surface area (Å²) >= 11 is 1.41. The number of nitrogens with zero attached hydrogens (tertiary/aromatic N) is 1. The van der Waals surface area contributed by atoms with Gasteiger partial charge < -0.3 is 11.1 Å². The first-order chi connectivity index (χ1) is 14.2. The molecule has 0 aliphatic heterocycles. The Balaban J connectivity index is 1.50. The first-order valence-corrected chi connectivity index (χ1v) is 10.3. The molecule has 3 aromatic carbocycles. The predicted octanol–water partition coefficient (Wildman–Crippen LogP) is 5.55. The number of anilines is 2. The Morgan fingerprint density at radius 2 is 1.59 bits per heavy atom. The van der Waals surface area contributed by atoms with Gasteiger partial charge in [-0.05, 0) is 23.3 Å². The van der Waals surface area contributed by atoms with Crippen LogP contribution in [0.5, 0.6) is 0 Å². The molecule has 4 rings (SSSR count). The Hall–Kier alpha value is -3.44. The van der Waals surface area contributed by atoms with Gasteiger partial charge in [-0.3, -0.25) is 4.79 Å². The van der Waals surface area contributed by atoms with Crippen LogP contribution in [0.25, 0.3) is 11.3 Å². The molecule has 0 fully saturated rings. The van der Waals surface area contributed by atoms with Gasteiger partial charge in [0.15, 0.2) is 5.13 Å². The normalized spacial score (nSPS) is 10.8. The molecule has 0 atom stereocenters. The van der Waals surface area contributed by atoms with Gasteiger partial charge in [-0.25, -0.2) is 4.98 Å². The number of carbonyl (C=O) groups excluding carboxylic acids is 1. The third kappa shape index (κ3) is 4.70. The molecule has 1 heterocycles. The topological polar surface area (TPSA) is 68.0 Å². The molecule has 5 heteroatoms. The number of nitrogen functional groups attached to an aromatic ring is 1. The molecular weight excluding hydrogens is 378 g/mol. The molecule has 1 amide bonds. The second kappa shape index (κ2) is 8.71. The average molecular weight is 400 g/mol. The molecule has 0 aliphatic rings. The third-order valence-corrected chi connectivity index (χ3v) is 5.48. The summed E-state index contributed by atoms with van der Waals surface area (Å²) in [5.41, 5.74) is 10.5. The summed E-state index contributed by atoms with van der Waals surface area (Å²) in [5, 5.41) is 5.47. The van der Waals surface area contributed by atoms with Gasteiger partial charge in [0.1, 0.15) is 0 Å². The first-order valence-electron chi connectivity index (χ1n) is 9.40. The summed E-state index contributed by atoms with van der Waals surface area (Å²) < 4.78 is 0. The van der Waals surface area contributed by atoms with E-state index in [1.54, 1.807) is 0 Å². The summed E-state index contributed by atoms with van der Waals surface area (Å²) in [7, 11) is 0. The van der Waals surface area contributed by atoms with Crippen molar-refractivity contribution in [3.63, 3.8) is 0 Å². The molecule has 3 N–H and O–H groups in total. The fraction of sp³-hybridized carbons (Fsp3) is 0.0833. The van der Waals surface area contributed by atoms with Crippen LogP contribution in [0.15, 0.2) is 90.3 Å². The van der Waals surface area contributed by atoms with E-state index in [9.17, 15) is 4.79 Å². The van der Waals surface area contributed by atoms with Crippen LogP contribution in [-0.2, 0) is 4.79 Å². The molecule has 0 spiro atoms. The van der Waals surface area contributed by atoms with Crippen LogP contribution in [0.4, 0.5) is 10.8 Å². The van der Waals surface area contributed by atoms with Crippen molar-refractivity contribution in [2.24, 2.45) is 0 Å². The van der Waals surface area contributed by atoms with E-state index in [0.29, 0.717) is 17.2 Å². The lowest BCUT2D eigenvalue weighted by molar-refractivity contribution is -0.116. The maximum absolute atomic E-state index is 12.8. The van der Waals surface area contributed by atoms with Gasteiger partial charge >= 0.3 is 0 Å². The van der Waals surface area contributed by atoms with Gasteiger partial charge in [0.25, 0.3) is 0 Å². The molecule has 0 bridgehead atoms. The van der Waals surface area contributed by atoms with Gasteiger partial charge in [-0.1, -0.05) is 72.8 Å². The lowest BCUT2D eigenvalue weighted by Crippen LogP contribution is -2.16. The van der Waals surface area contributed by atoms with E-state index in [-0.39, 0.29) is 11.8 Å². The second-order valence-electron chi connectivity index (χ2n) is 6.79. The summed E-state index contributed by atoms with van der Waals surface area (Å²) in [6, 6.07) is 27.8. The number of carbonyl (C=O) groups is 1. The molecule has 1 aromatic heterocycles. The molecule has 4 aromatic rings. The monoisotopic (exact) mass is 399 g/mol. The zero-order chi connectivity index (χ0) is 20.1. The number of aromatic nitrogens is 1. The predicted molar refractivity (Wildman–Crippen MR) is 120 cm³/mol. The number of amides is 1. The van der Waals surface area contributed by atoms with Gasteiger partial charge in [0.05, 0.1) is 5.69 Å². The number of hydrogen-bond acceptors (Lipinski definition) is 4. The van der Waals surface area contributed by atoms with E-state index in [1.165, 1.54) is 11.3 Å². The Labute approximate surface area is 174 Å². The molecule has 0 aliphatic carbocycles. The van der Waals surface area contributed by atoms with E-state index in [2.05, 4.69) is 34.6 Å². The highest BCUT2D eigenvalue weighted by Crippen LogP contribution is 2.30. The van der Waals surface area contributed by atoms with Gasteiger partial charge in [0, 0.05) is 29.0 Å². The van der Waals surface area contributed by atoms with E-state index in [4.69, 9.17) is 5.73 Å². The smallest absolute Gasteiger partial charge is 0.227 e. The lowest BCUT2D eigenvalue weighted by Gasteiger charge is -2.17. The fourth-order valence-electron chi connectivity index (χ4n) is 3.32. The maximum atomic E-state index is 12.8. The lowest BCUT2D eigenvalue weighted by atomic mass is 9.88. The SMILES string of the molecule is Nc1cccc(-c2csc(NC(=O)CC(c3ccccc3)c3ccccc3)n2)c1. The van der Waals surface area contributed by atoms with Gasteiger partial charge in [0.2, 0.25) is 5.91 Å². The van der Waals surface area contributed by atoms with Crippen LogP contribution in [0, 0.1) is 0 Å². The standard InChI is InChI=1S/C24H21N3OS/c25-20-13-7-12-19(14-20)22-16-29-24(26-22)27-23(28)15-21(17-8-3-1-4-9-17)18-10-5-2-6-11-18/h1-14,16,21H,15,25H2,(H,26,27,28). The van der Waals surface area contributed by atoms with Crippen molar-refractivity contribution in [3.05, 3.63) is 101 Å². The van der Waals surface area contributed by atoms with Crippen molar-refractivity contribution in [2.75, 3.05) is 11.1 Å². The van der Waals surface area contributed by atoms with Crippen molar-refractivity contribution in [1.82, 2.24) is 4.98 Å². The van der Waals surface area contributed by atoms with Gasteiger partial charge in [-0.15, -0.1) is 11.3 Å². The van der Waals surface area contributed by atoms with Crippen LogP contribution in [-0.4, -0.2) is 10.9 Å². The van der Waals surface area contributed by atoms with Crippen LogP contribution in [0.3, 0.4) is 0 Å². The number of hydrogen-bond donors (Lipinski definition) is 2. The number of nitrogens with one attached hydrogen (secondary N) is 1. The summed E-state index contributed by atoms with van der Waals surface area (Å²) in [4.78, 5) is 17.4. The molecule has 0 radical (unpaired) electrons. The quantitative estimate of drug-likeness (QED) is 0.418. The summed E-state index contributed by atoms with van der Waals surface area (Å²) in [6.45, 7) is 0. The van der Waals surface area contributed by atoms with Crippen molar-refractivity contribution < 1.29 is 4.79 Å². The molecule has 144 valence electrons. The van der Waals surface area contributed by atoms with Crippen molar-refractivity contribution in [3.8, 4) is 11.3 Å². The molecular formula is C24H21N3OS. The Kier molecular flexibility index (Phi) is 5.68. The Morgan fingerprint density at radius 3 is 2.21 bits per heavy atom. The Morgan fingerprint density at radius 1 is 0.931 bits per heavy atom. The Bertz CT molecular complexity index is 1050. The number of nitrogens with two attached hydrogens (primary N) is 1. The van der Waals surface area contributed by atoms with Crippen LogP contribution in [0.1, 0.15) is 23.5 Å². The van der Waals surface area contributed by atoms with E-state index >= 15 is 0 Å². The van der Waals surface area contributed by atoms with Gasteiger partial charge in [-0.2, -0.15) is 0 Å². The summed E-state index contributed by atoms with van der Waals surface area (Å²) in [5.74, 6) is -0.0677. The minimum atomic E-state index is -0.0591. The van der Waals surface area contributed by atoms with Crippen LogP contribution < -0.4 is 11.1 Å². The first kappa shape index (κ1) is 18.9. The number of rotatable bonds is 6. The minimum absolute atomic E-state index is 0.00856. The van der Waals surface area contributed by atoms with E-state index < -0.39 is 0 Å². The zero-order valence-corrected chi connectivity index (χ0v) is 16.6. The molecule has 29 heavy (non-hydrogen) atoms. The summed E-state index contributed by atoms with van der Waals surface area (Å²) in [6.07, 6.45) is 0.348. The highest BCUT2D eigenvalue weighted by Gasteiger charge is 2.19. The van der Waals surface area contributed by atoms with E-state index in [0.717, 1.165) is 22.4 Å².